The van der Waals surface area contributed by atoms with Crippen LogP contribution in [0.5, 0.6) is 0 Å². The Balaban J connectivity index is 2.65. The number of hydrogen-bond acceptors (Lipinski definition) is 2. The van der Waals surface area contributed by atoms with Crippen molar-refractivity contribution in [3.63, 3.8) is 0 Å². The lowest BCUT2D eigenvalue weighted by Gasteiger charge is -2.09. The molecule has 1 aromatic carbocycles. The maximum absolute atomic E-state index is 11.5. The number of amides is 3. The summed E-state index contributed by atoms with van der Waals surface area (Å²) in [6.07, 6.45) is 0. The van der Waals surface area contributed by atoms with Crippen molar-refractivity contribution < 1.29 is 9.59 Å². The molecule has 0 aliphatic heterocycles. The molecule has 6 heteroatoms. The molecule has 1 rings (SSSR count). The van der Waals surface area contributed by atoms with Crippen LogP contribution >= 0.6 is 11.6 Å². The van der Waals surface area contributed by atoms with Gasteiger partial charge in [-0.15, -0.1) is 5.92 Å². The van der Waals surface area contributed by atoms with Gasteiger partial charge in [0.2, 0.25) is 5.91 Å². The fourth-order valence-electron chi connectivity index (χ4n) is 1.28. The molecule has 5 nitrogen and oxygen atoms in total. The van der Waals surface area contributed by atoms with E-state index in [0.29, 0.717) is 16.4 Å². The second-order valence-corrected chi connectivity index (χ2v) is 4.02. The van der Waals surface area contributed by atoms with Gasteiger partial charge in [0.15, 0.2) is 0 Å². The Morgan fingerprint density at radius 2 is 2.05 bits per heavy atom. The van der Waals surface area contributed by atoms with E-state index in [9.17, 15) is 9.59 Å². The van der Waals surface area contributed by atoms with Crippen molar-refractivity contribution in [2.75, 3.05) is 17.2 Å². The first-order valence-corrected chi connectivity index (χ1v) is 5.92. The second kappa shape index (κ2) is 7.29. The van der Waals surface area contributed by atoms with Gasteiger partial charge < -0.3 is 16.0 Å². The predicted molar refractivity (Wildman–Crippen MR) is 76.2 cm³/mol. The average Bonchev–Trinajstić information content (AvgIpc) is 2.32. The van der Waals surface area contributed by atoms with E-state index in [-0.39, 0.29) is 12.5 Å². The van der Waals surface area contributed by atoms with Crippen LogP contribution in [0, 0.1) is 11.8 Å². The Kier molecular flexibility index (Phi) is 5.71. The van der Waals surface area contributed by atoms with Crippen LogP contribution in [-0.4, -0.2) is 18.5 Å². The minimum atomic E-state index is -0.392. The highest BCUT2D eigenvalue weighted by Crippen LogP contribution is 2.25. The molecule has 0 aliphatic rings. The smallest absolute Gasteiger partial charge is 0.320 e. The number of hydrogen-bond donors (Lipinski definition) is 3. The number of urea groups is 1. The van der Waals surface area contributed by atoms with Crippen LogP contribution in [-0.2, 0) is 4.79 Å². The normalized spacial score (nSPS) is 9.00. The van der Waals surface area contributed by atoms with E-state index < -0.39 is 6.03 Å². The Hall–Kier alpha value is -2.19. The maximum Gasteiger partial charge on any atom is 0.320 e. The van der Waals surface area contributed by atoms with Crippen molar-refractivity contribution >= 4 is 34.9 Å². The highest BCUT2D eigenvalue weighted by Gasteiger charge is 2.06. The summed E-state index contributed by atoms with van der Waals surface area (Å²) >= 11 is 6.00. The molecule has 0 saturated carbocycles. The Morgan fingerprint density at radius 1 is 1.32 bits per heavy atom. The summed E-state index contributed by atoms with van der Waals surface area (Å²) in [7, 11) is 0. The van der Waals surface area contributed by atoms with Crippen molar-refractivity contribution in [3.05, 3.63) is 23.2 Å². The van der Waals surface area contributed by atoms with Crippen LogP contribution in [0.1, 0.15) is 13.8 Å². The molecule has 0 aromatic heterocycles. The zero-order chi connectivity index (χ0) is 14.3. The van der Waals surface area contributed by atoms with Crippen LogP contribution in [0.2, 0.25) is 5.02 Å². The van der Waals surface area contributed by atoms with Crippen LogP contribution in [0.3, 0.4) is 0 Å². The molecular formula is C13H14ClN3O2. The Bertz CT molecular complexity index is 547. The zero-order valence-corrected chi connectivity index (χ0v) is 11.4. The Labute approximate surface area is 116 Å². The van der Waals surface area contributed by atoms with E-state index in [0.717, 1.165) is 0 Å². The quantitative estimate of drug-likeness (QED) is 0.744. The third kappa shape index (κ3) is 5.32. The first-order valence-electron chi connectivity index (χ1n) is 5.54. The molecule has 0 aliphatic carbocycles. The number of nitrogens with one attached hydrogen (secondary N) is 3. The van der Waals surface area contributed by atoms with E-state index in [1.54, 1.807) is 25.1 Å². The predicted octanol–water partition coefficient (Wildman–Crippen LogP) is 2.44. The van der Waals surface area contributed by atoms with E-state index in [4.69, 9.17) is 11.6 Å². The van der Waals surface area contributed by atoms with Gasteiger partial charge in [-0.25, -0.2) is 4.79 Å². The standard InChI is InChI=1S/C13H14ClN3O2/c1-3-4-7-15-13(19)17-12-6-5-10(8-11(12)14)16-9(2)18/h5-6,8H,7H2,1-2H3,(H,16,18)(H2,15,17,19). The van der Waals surface area contributed by atoms with Crippen LogP contribution in [0.25, 0.3) is 0 Å². The van der Waals surface area contributed by atoms with Gasteiger partial charge in [0, 0.05) is 12.6 Å². The SMILES string of the molecule is CC#CCNC(=O)Nc1ccc(NC(C)=O)cc1Cl. The summed E-state index contributed by atoms with van der Waals surface area (Å²) in [6.45, 7) is 3.36. The Morgan fingerprint density at radius 3 is 2.63 bits per heavy atom. The molecule has 100 valence electrons. The van der Waals surface area contributed by atoms with E-state index >= 15 is 0 Å². The fraction of sp³-hybridized carbons (Fsp3) is 0.231. The highest BCUT2D eigenvalue weighted by molar-refractivity contribution is 6.34. The third-order valence-corrected chi connectivity index (χ3v) is 2.36. The number of rotatable bonds is 3. The lowest BCUT2D eigenvalue weighted by Crippen LogP contribution is -2.29. The van der Waals surface area contributed by atoms with Crippen molar-refractivity contribution in [2.45, 2.75) is 13.8 Å². The largest absolute Gasteiger partial charge is 0.327 e. The molecule has 0 saturated heterocycles. The molecule has 0 spiro atoms. The second-order valence-electron chi connectivity index (χ2n) is 3.61. The third-order valence-electron chi connectivity index (χ3n) is 2.05. The molecule has 0 bridgehead atoms. The van der Waals surface area contributed by atoms with Gasteiger partial charge in [-0.2, -0.15) is 0 Å². The average molecular weight is 280 g/mol. The molecule has 0 radical (unpaired) electrons. The molecule has 0 heterocycles. The van der Waals surface area contributed by atoms with Crippen molar-refractivity contribution in [2.24, 2.45) is 0 Å². The van der Waals surface area contributed by atoms with Crippen molar-refractivity contribution in [1.82, 2.24) is 5.32 Å². The monoisotopic (exact) mass is 279 g/mol. The summed E-state index contributed by atoms with van der Waals surface area (Å²) in [4.78, 5) is 22.4. The van der Waals surface area contributed by atoms with Crippen molar-refractivity contribution in [1.29, 1.82) is 0 Å². The van der Waals surface area contributed by atoms with Crippen LogP contribution < -0.4 is 16.0 Å². The van der Waals surface area contributed by atoms with Gasteiger partial charge in [0.05, 0.1) is 17.3 Å². The maximum atomic E-state index is 11.5. The topological polar surface area (TPSA) is 70.2 Å². The molecular weight excluding hydrogens is 266 g/mol. The van der Waals surface area contributed by atoms with Gasteiger partial charge >= 0.3 is 6.03 Å². The fourth-order valence-corrected chi connectivity index (χ4v) is 1.50. The molecule has 0 fully saturated rings. The lowest BCUT2D eigenvalue weighted by molar-refractivity contribution is -0.114. The van der Waals surface area contributed by atoms with Gasteiger partial charge in [-0.05, 0) is 25.1 Å². The first-order chi connectivity index (χ1) is 9.02. The van der Waals surface area contributed by atoms with E-state index in [1.807, 2.05) is 0 Å². The summed E-state index contributed by atoms with van der Waals surface area (Å²) in [5.41, 5.74) is 1.03. The molecule has 3 N–H and O–H groups in total. The molecule has 1 aromatic rings. The van der Waals surface area contributed by atoms with Gasteiger partial charge in [0.1, 0.15) is 0 Å². The van der Waals surface area contributed by atoms with Crippen LogP contribution in [0.4, 0.5) is 16.2 Å². The number of carbonyl (C=O) groups excluding carboxylic acids is 2. The minimum Gasteiger partial charge on any atom is -0.327 e. The van der Waals surface area contributed by atoms with E-state index in [2.05, 4.69) is 27.8 Å². The number of benzene rings is 1. The summed E-state index contributed by atoms with van der Waals surface area (Å²) in [6, 6.07) is 4.43. The summed E-state index contributed by atoms with van der Waals surface area (Å²) < 4.78 is 0. The number of anilines is 2. The summed E-state index contributed by atoms with van der Waals surface area (Å²) in [5, 5.41) is 8.08. The number of carbonyl (C=O) groups is 2. The van der Waals surface area contributed by atoms with Gasteiger partial charge in [-0.1, -0.05) is 17.5 Å². The number of halogens is 1. The highest BCUT2D eigenvalue weighted by atomic mass is 35.5. The van der Waals surface area contributed by atoms with Crippen LogP contribution in [0.15, 0.2) is 18.2 Å². The molecule has 0 unspecified atom stereocenters. The molecule has 19 heavy (non-hydrogen) atoms. The minimum absolute atomic E-state index is 0.187. The lowest BCUT2D eigenvalue weighted by atomic mass is 10.2. The first kappa shape index (κ1) is 14.9. The molecule has 0 atom stereocenters. The summed E-state index contributed by atoms with van der Waals surface area (Å²) in [5.74, 6) is 5.19. The van der Waals surface area contributed by atoms with Gasteiger partial charge in [-0.3, -0.25) is 4.79 Å². The van der Waals surface area contributed by atoms with Crippen molar-refractivity contribution in [3.8, 4) is 11.8 Å². The zero-order valence-electron chi connectivity index (χ0n) is 10.6. The van der Waals surface area contributed by atoms with Gasteiger partial charge in [0.25, 0.3) is 0 Å². The van der Waals surface area contributed by atoms with E-state index in [1.165, 1.54) is 6.92 Å². The molecule has 3 amide bonds.